The molecule has 0 fully saturated rings. The van der Waals surface area contributed by atoms with Crippen molar-refractivity contribution in [3.8, 4) is 0 Å². The number of nitrogens with zero attached hydrogens (tertiary/aromatic N) is 2. The first-order chi connectivity index (χ1) is 6.58. The molecule has 14 heavy (non-hydrogen) atoms. The second-order valence-corrected chi connectivity index (χ2v) is 3.60. The van der Waals surface area contributed by atoms with Crippen LogP contribution in [0.1, 0.15) is 5.56 Å². The minimum Gasteiger partial charge on any atom is -0.218 e. The molecule has 2 nitrogen and oxygen atoms in total. The van der Waals surface area contributed by atoms with Crippen molar-refractivity contribution < 1.29 is 4.39 Å². The lowest BCUT2D eigenvalue weighted by atomic mass is 10.1. The van der Waals surface area contributed by atoms with Crippen molar-refractivity contribution in [1.29, 1.82) is 0 Å². The third-order valence-electron chi connectivity index (χ3n) is 1.90. The third-order valence-corrected chi connectivity index (χ3v) is 2.36. The Kier molecular flexibility index (Phi) is 2.29. The lowest BCUT2D eigenvalue weighted by molar-refractivity contribution is 0.620. The summed E-state index contributed by atoms with van der Waals surface area (Å²) in [6.45, 7) is 1.65. The fourth-order valence-corrected chi connectivity index (χ4v) is 1.64. The smallest absolute Gasteiger partial charge is 0.218 e. The van der Waals surface area contributed by atoms with Gasteiger partial charge in [0.1, 0.15) is 11.0 Å². The maximum Gasteiger partial charge on any atom is 0.224 e. The van der Waals surface area contributed by atoms with E-state index in [0.717, 1.165) is 0 Å². The zero-order chi connectivity index (χ0) is 10.3. The standard InChI is InChI=1S/C9H5Cl2FN2/c1-4-2-5-7(3-6(4)12)13-9(11)14-8(5)10/h2-3H,1H3. The summed E-state index contributed by atoms with van der Waals surface area (Å²) in [5.41, 5.74) is 0.920. The molecule has 0 saturated heterocycles. The topological polar surface area (TPSA) is 25.8 Å². The van der Waals surface area contributed by atoms with Gasteiger partial charge in [-0.15, -0.1) is 0 Å². The molecule has 0 spiro atoms. The van der Waals surface area contributed by atoms with E-state index in [-0.39, 0.29) is 16.3 Å². The summed E-state index contributed by atoms with van der Waals surface area (Å²) < 4.78 is 13.2. The van der Waals surface area contributed by atoms with Gasteiger partial charge in [-0.3, -0.25) is 0 Å². The average Bonchev–Trinajstić information content (AvgIpc) is 2.08. The van der Waals surface area contributed by atoms with Crippen LogP contribution in [0.3, 0.4) is 0 Å². The molecule has 0 radical (unpaired) electrons. The molecule has 0 amide bonds. The van der Waals surface area contributed by atoms with Crippen molar-refractivity contribution in [3.63, 3.8) is 0 Å². The number of aryl methyl sites for hydroxylation is 1. The van der Waals surface area contributed by atoms with Crippen LogP contribution in [-0.2, 0) is 0 Å². The number of halogens is 3. The highest BCUT2D eigenvalue weighted by Gasteiger charge is 2.07. The SMILES string of the molecule is Cc1cc2c(Cl)nc(Cl)nc2cc1F. The summed E-state index contributed by atoms with van der Waals surface area (Å²) in [4.78, 5) is 7.64. The highest BCUT2D eigenvalue weighted by Crippen LogP contribution is 2.24. The Morgan fingerprint density at radius 3 is 2.64 bits per heavy atom. The van der Waals surface area contributed by atoms with E-state index in [1.165, 1.54) is 6.07 Å². The van der Waals surface area contributed by atoms with E-state index < -0.39 is 0 Å². The van der Waals surface area contributed by atoms with Crippen LogP contribution < -0.4 is 0 Å². The van der Waals surface area contributed by atoms with Crippen molar-refractivity contribution in [2.75, 3.05) is 0 Å². The van der Waals surface area contributed by atoms with Gasteiger partial charge in [0.2, 0.25) is 5.28 Å². The first-order valence-electron chi connectivity index (χ1n) is 3.87. The van der Waals surface area contributed by atoms with E-state index in [9.17, 15) is 4.39 Å². The second-order valence-electron chi connectivity index (χ2n) is 2.90. The molecular formula is C9H5Cl2FN2. The Hall–Kier alpha value is -0.930. The summed E-state index contributed by atoms with van der Waals surface area (Å²) in [5, 5.41) is 0.865. The van der Waals surface area contributed by atoms with Crippen LogP contribution in [0, 0.1) is 12.7 Å². The quantitative estimate of drug-likeness (QED) is 0.513. The molecule has 0 atom stereocenters. The third kappa shape index (κ3) is 1.53. The molecule has 5 heteroatoms. The lowest BCUT2D eigenvalue weighted by Gasteiger charge is -2.02. The fourth-order valence-electron chi connectivity index (χ4n) is 1.19. The Morgan fingerprint density at radius 2 is 1.93 bits per heavy atom. The van der Waals surface area contributed by atoms with Crippen molar-refractivity contribution in [2.45, 2.75) is 6.92 Å². The first-order valence-corrected chi connectivity index (χ1v) is 4.62. The molecule has 0 aliphatic rings. The van der Waals surface area contributed by atoms with Crippen molar-refractivity contribution in [3.05, 3.63) is 34.0 Å². The maximum absolute atomic E-state index is 13.2. The molecule has 0 N–H and O–H groups in total. The first kappa shape index (κ1) is 9.62. The van der Waals surface area contributed by atoms with E-state index >= 15 is 0 Å². The maximum atomic E-state index is 13.2. The Bertz CT molecular complexity index is 514. The highest BCUT2D eigenvalue weighted by atomic mass is 35.5. The Balaban J connectivity index is 2.89. The highest BCUT2D eigenvalue weighted by molar-refractivity contribution is 6.35. The average molecular weight is 231 g/mol. The summed E-state index contributed by atoms with van der Waals surface area (Å²) >= 11 is 11.4. The molecule has 72 valence electrons. The molecule has 2 aromatic rings. The van der Waals surface area contributed by atoms with E-state index in [1.807, 2.05) is 0 Å². The molecule has 0 aliphatic carbocycles. The summed E-state index contributed by atoms with van der Waals surface area (Å²) in [6.07, 6.45) is 0. The molecule has 1 aromatic heterocycles. The van der Waals surface area contributed by atoms with Crippen LogP contribution in [0.5, 0.6) is 0 Å². The largest absolute Gasteiger partial charge is 0.224 e. The van der Waals surface area contributed by atoms with Gasteiger partial charge in [0, 0.05) is 11.5 Å². The van der Waals surface area contributed by atoms with Gasteiger partial charge >= 0.3 is 0 Å². The van der Waals surface area contributed by atoms with Gasteiger partial charge < -0.3 is 0 Å². The Morgan fingerprint density at radius 1 is 1.21 bits per heavy atom. The van der Waals surface area contributed by atoms with Crippen LogP contribution >= 0.6 is 23.2 Å². The number of benzene rings is 1. The van der Waals surface area contributed by atoms with E-state index in [2.05, 4.69) is 9.97 Å². The number of rotatable bonds is 0. The molecule has 0 unspecified atom stereocenters. The van der Waals surface area contributed by atoms with Gasteiger partial charge in [0.15, 0.2) is 0 Å². The van der Waals surface area contributed by atoms with Crippen molar-refractivity contribution in [2.24, 2.45) is 0 Å². The predicted molar refractivity (Wildman–Crippen MR) is 54.3 cm³/mol. The zero-order valence-corrected chi connectivity index (χ0v) is 8.69. The van der Waals surface area contributed by atoms with Crippen molar-refractivity contribution >= 4 is 34.1 Å². The predicted octanol–water partition coefficient (Wildman–Crippen LogP) is 3.38. The number of fused-ring (bicyclic) bond motifs is 1. The minimum atomic E-state index is -0.330. The second kappa shape index (κ2) is 3.33. The van der Waals surface area contributed by atoms with Crippen molar-refractivity contribution in [1.82, 2.24) is 9.97 Å². The molecule has 1 heterocycles. The van der Waals surface area contributed by atoms with Gasteiger partial charge in [-0.2, -0.15) is 0 Å². The van der Waals surface area contributed by atoms with E-state index in [1.54, 1.807) is 13.0 Å². The summed E-state index contributed by atoms with van der Waals surface area (Å²) in [6, 6.07) is 2.90. The van der Waals surface area contributed by atoms with Crippen LogP contribution in [0.25, 0.3) is 10.9 Å². The Labute approximate surface area is 89.7 Å². The van der Waals surface area contributed by atoms with Crippen LogP contribution in [0.15, 0.2) is 12.1 Å². The van der Waals surface area contributed by atoms with E-state index in [4.69, 9.17) is 23.2 Å². The molecule has 2 rings (SSSR count). The normalized spacial score (nSPS) is 10.9. The molecule has 0 aliphatic heterocycles. The van der Waals surface area contributed by atoms with Crippen LogP contribution in [0.4, 0.5) is 4.39 Å². The fraction of sp³-hybridized carbons (Fsp3) is 0.111. The van der Waals surface area contributed by atoms with Gasteiger partial charge in [-0.1, -0.05) is 11.6 Å². The van der Waals surface area contributed by atoms with E-state index in [0.29, 0.717) is 16.5 Å². The van der Waals surface area contributed by atoms with Crippen LogP contribution in [0.2, 0.25) is 10.4 Å². The summed E-state index contributed by atoms with van der Waals surface area (Å²) in [5.74, 6) is -0.330. The van der Waals surface area contributed by atoms with Gasteiger partial charge in [-0.05, 0) is 30.2 Å². The molecule has 1 aromatic carbocycles. The lowest BCUT2D eigenvalue weighted by Crippen LogP contribution is -1.90. The van der Waals surface area contributed by atoms with Gasteiger partial charge in [0.25, 0.3) is 0 Å². The zero-order valence-electron chi connectivity index (χ0n) is 7.18. The molecular weight excluding hydrogens is 226 g/mol. The monoisotopic (exact) mass is 230 g/mol. The molecule has 0 bridgehead atoms. The van der Waals surface area contributed by atoms with Gasteiger partial charge in [0.05, 0.1) is 5.52 Å². The summed E-state index contributed by atoms with van der Waals surface area (Å²) in [7, 11) is 0. The number of aromatic nitrogens is 2. The number of hydrogen-bond donors (Lipinski definition) is 0. The molecule has 0 saturated carbocycles. The van der Waals surface area contributed by atoms with Gasteiger partial charge in [-0.25, -0.2) is 14.4 Å². The minimum absolute atomic E-state index is 0.0192. The number of hydrogen-bond acceptors (Lipinski definition) is 2. The van der Waals surface area contributed by atoms with Crippen LogP contribution in [-0.4, -0.2) is 9.97 Å².